The van der Waals surface area contributed by atoms with Crippen LogP contribution in [0.2, 0.25) is 0 Å². The molecule has 0 N–H and O–H groups in total. The molecule has 1 atom stereocenters. The largest absolute Gasteiger partial charge is 0.243 e. The van der Waals surface area contributed by atoms with Crippen molar-refractivity contribution < 1.29 is 16.8 Å². The minimum absolute atomic E-state index is 0.128. The van der Waals surface area contributed by atoms with Gasteiger partial charge in [0.15, 0.2) is 9.84 Å². The van der Waals surface area contributed by atoms with E-state index in [0.717, 1.165) is 19.1 Å². The van der Waals surface area contributed by atoms with Gasteiger partial charge < -0.3 is 0 Å². The van der Waals surface area contributed by atoms with E-state index < -0.39 is 19.9 Å². The third kappa shape index (κ3) is 3.21. The Morgan fingerprint density at radius 2 is 1.60 bits per heavy atom. The van der Waals surface area contributed by atoms with Crippen molar-refractivity contribution in [3.05, 3.63) is 24.3 Å². The zero-order valence-electron chi connectivity index (χ0n) is 11.6. The Hall–Kier alpha value is -0.920. The average molecular weight is 317 g/mol. The van der Waals surface area contributed by atoms with Gasteiger partial charge in [0, 0.05) is 19.3 Å². The molecule has 20 heavy (non-hydrogen) atoms. The van der Waals surface area contributed by atoms with E-state index in [-0.39, 0.29) is 9.79 Å². The minimum Gasteiger partial charge on any atom is -0.224 e. The molecule has 0 radical (unpaired) electrons. The van der Waals surface area contributed by atoms with Gasteiger partial charge in [-0.05, 0) is 43.0 Å². The quantitative estimate of drug-likeness (QED) is 0.847. The van der Waals surface area contributed by atoms with E-state index in [2.05, 4.69) is 0 Å². The van der Waals surface area contributed by atoms with Crippen molar-refractivity contribution in [2.24, 2.45) is 5.92 Å². The lowest BCUT2D eigenvalue weighted by molar-refractivity contribution is 0.281. The fourth-order valence-electron chi connectivity index (χ4n) is 2.37. The smallest absolute Gasteiger partial charge is 0.224 e. The Morgan fingerprint density at radius 1 is 1.05 bits per heavy atom. The summed E-state index contributed by atoms with van der Waals surface area (Å²) in [5, 5.41) is 0. The summed E-state index contributed by atoms with van der Waals surface area (Å²) in [6, 6.07) is 5.42. The number of rotatable bonds is 3. The molecule has 1 aromatic carbocycles. The normalized spacial score (nSPS) is 21.8. The van der Waals surface area contributed by atoms with Gasteiger partial charge in [-0.3, -0.25) is 0 Å². The molecule has 1 aliphatic heterocycles. The number of hydrogen-bond donors (Lipinski definition) is 0. The first-order valence-electron chi connectivity index (χ1n) is 6.51. The molecule has 5 nitrogen and oxygen atoms in total. The fraction of sp³-hybridized carbons (Fsp3) is 0.538. The van der Waals surface area contributed by atoms with Gasteiger partial charge in [-0.15, -0.1) is 0 Å². The Kier molecular flexibility index (Phi) is 4.22. The van der Waals surface area contributed by atoms with E-state index in [1.807, 2.05) is 6.92 Å². The number of nitrogens with zero attached hydrogens (tertiary/aromatic N) is 1. The van der Waals surface area contributed by atoms with Crippen LogP contribution in [0.4, 0.5) is 0 Å². The van der Waals surface area contributed by atoms with E-state index in [9.17, 15) is 16.8 Å². The third-order valence-corrected chi connectivity index (χ3v) is 6.52. The standard InChI is InChI=1S/C13H19NO4S2/c1-11-4-3-9-14(10-11)20(17,18)13-7-5-12(6-8-13)19(2,15)16/h5-8,11H,3-4,9-10H2,1-2H3/t11-/m1/s1. The van der Waals surface area contributed by atoms with E-state index in [1.54, 1.807) is 0 Å². The maximum atomic E-state index is 12.5. The van der Waals surface area contributed by atoms with Crippen molar-refractivity contribution in [3.63, 3.8) is 0 Å². The van der Waals surface area contributed by atoms with Crippen molar-refractivity contribution in [2.75, 3.05) is 19.3 Å². The Bertz CT molecular complexity index is 678. The van der Waals surface area contributed by atoms with Crippen LogP contribution in [0.25, 0.3) is 0 Å². The van der Waals surface area contributed by atoms with Crippen LogP contribution < -0.4 is 0 Å². The molecule has 0 amide bonds. The van der Waals surface area contributed by atoms with Crippen molar-refractivity contribution in [3.8, 4) is 0 Å². The zero-order chi connectivity index (χ0) is 15.0. The van der Waals surface area contributed by atoms with Crippen molar-refractivity contribution in [1.82, 2.24) is 4.31 Å². The third-order valence-electron chi connectivity index (χ3n) is 3.51. The highest BCUT2D eigenvalue weighted by atomic mass is 32.2. The van der Waals surface area contributed by atoms with E-state index in [1.165, 1.54) is 28.6 Å². The summed E-state index contributed by atoms with van der Waals surface area (Å²) in [5.41, 5.74) is 0. The fourth-order valence-corrected chi connectivity index (χ4v) is 4.60. The summed E-state index contributed by atoms with van der Waals surface area (Å²) in [6.07, 6.45) is 3.00. The summed E-state index contributed by atoms with van der Waals surface area (Å²) in [5.74, 6) is 0.355. The van der Waals surface area contributed by atoms with Gasteiger partial charge in [-0.2, -0.15) is 4.31 Å². The second kappa shape index (κ2) is 5.46. The average Bonchev–Trinajstić information content (AvgIpc) is 2.38. The molecular weight excluding hydrogens is 298 g/mol. The number of hydrogen-bond acceptors (Lipinski definition) is 4. The van der Waals surface area contributed by atoms with Gasteiger partial charge in [-0.1, -0.05) is 6.92 Å². The van der Waals surface area contributed by atoms with Crippen LogP contribution in [0.1, 0.15) is 19.8 Å². The van der Waals surface area contributed by atoms with E-state index in [0.29, 0.717) is 19.0 Å². The number of piperidine rings is 1. The molecule has 0 aliphatic carbocycles. The number of sulfone groups is 1. The number of sulfonamides is 1. The van der Waals surface area contributed by atoms with Gasteiger partial charge in [0.1, 0.15) is 0 Å². The molecule has 7 heteroatoms. The molecule has 1 aromatic rings. The molecule has 1 aliphatic rings. The lowest BCUT2D eigenvalue weighted by Gasteiger charge is -2.30. The minimum atomic E-state index is -3.52. The van der Waals surface area contributed by atoms with Gasteiger partial charge in [-0.25, -0.2) is 16.8 Å². The second-order valence-corrected chi connectivity index (χ2v) is 9.31. The predicted molar refractivity (Wildman–Crippen MR) is 76.7 cm³/mol. The lowest BCUT2D eigenvalue weighted by Crippen LogP contribution is -2.39. The summed E-state index contributed by atoms with van der Waals surface area (Å²) in [4.78, 5) is 0.280. The first-order valence-corrected chi connectivity index (χ1v) is 9.84. The molecule has 0 unspecified atom stereocenters. The molecule has 112 valence electrons. The van der Waals surface area contributed by atoms with E-state index in [4.69, 9.17) is 0 Å². The SMILES string of the molecule is C[C@@H]1CCCN(S(=O)(=O)c2ccc(S(C)(=O)=O)cc2)C1. The topological polar surface area (TPSA) is 71.5 Å². The van der Waals surface area contributed by atoms with Crippen LogP contribution in [-0.2, 0) is 19.9 Å². The van der Waals surface area contributed by atoms with Crippen LogP contribution in [0.3, 0.4) is 0 Å². The summed E-state index contributed by atoms with van der Waals surface area (Å²) < 4.78 is 49.2. The van der Waals surface area contributed by atoms with Gasteiger partial charge in [0.2, 0.25) is 10.0 Å². The molecule has 1 fully saturated rings. The molecule has 0 bridgehead atoms. The molecule has 0 saturated carbocycles. The monoisotopic (exact) mass is 317 g/mol. The highest BCUT2D eigenvalue weighted by Gasteiger charge is 2.28. The maximum Gasteiger partial charge on any atom is 0.243 e. The van der Waals surface area contributed by atoms with Crippen LogP contribution in [0, 0.1) is 5.92 Å². The molecule has 1 heterocycles. The first-order chi connectivity index (χ1) is 9.21. The van der Waals surface area contributed by atoms with Crippen molar-refractivity contribution >= 4 is 19.9 Å². The summed E-state index contributed by atoms with van der Waals surface area (Å²) >= 11 is 0. The van der Waals surface area contributed by atoms with Gasteiger partial charge in [0.05, 0.1) is 9.79 Å². The van der Waals surface area contributed by atoms with Crippen molar-refractivity contribution in [1.29, 1.82) is 0 Å². The Balaban J connectivity index is 2.30. The highest BCUT2D eigenvalue weighted by molar-refractivity contribution is 7.90. The summed E-state index contributed by atoms with van der Waals surface area (Å²) in [6.45, 7) is 3.09. The van der Waals surface area contributed by atoms with Gasteiger partial charge >= 0.3 is 0 Å². The highest BCUT2D eigenvalue weighted by Crippen LogP contribution is 2.24. The Morgan fingerprint density at radius 3 is 2.10 bits per heavy atom. The second-order valence-electron chi connectivity index (χ2n) is 5.35. The first kappa shape index (κ1) is 15.5. The van der Waals surface area contributed by atoms with Crippen LogP contribution >= 0.6 is 0 Å². The molecule has 0 aromatic heterocycles. The zero-order valence-corrected chi connectivity index (χ0v) is 13.2. The van der Waals surface area contributed by atoms with E-state index >= 15 is 0 Å². The lowest BCUT2D eigenvalue weighted by atomic mass is 10.0. The molecule has 2 rings (SSSR count). The molecule has 1 saturated heterocycles. The van der Waals surface area contributed by atoms with Crippen LogP contribution in [0.15, 0.2) is 34.1 Å². The molecular formula is C13H19NO4S2. The number of benzene rings is 1. The van der Waals surface area contributed by atoms with Crippen molar-refractivity contribution in [2.45, 2.75) is 29.6 Å². The summed E-state index contributed by atoms with van der Waals surface area (Å²) in [7, 11) is -6.83. The molecule has 0 spiro atoms. The maximum absolute atomic E-state index is 12.5. The Labute approximate surface area is 120 Å². The van der Waals surface area contributed by atoms with Crippen LogP contribution in [0.5, 0.6) is 0 Å². The van der Waals surface area contributed by atoms with Crippen LogP contribution in [-0.4, -0.2) is 40.5 Å². The predicted octanol–water partition coefficient (Wildman–Crippen LogP) is 1.51. The van der Waals surface area contributed by atoms with Gasteiger partial charge in [0.25, 0.3) is 0 Å².